The van der Waals surface area contributed by atoms with Gasteiger partial charge in [-0.15, -0.1) is 0 Å². The van der Waals surface area contributed by atoms with E-state index in [1.165, 1.54) is 6.20 Å². The molecule has 0 aliphatic carbocycles. The zero-order valence-electron chi connectivity index (χ0n) is 11.9. The summed E-state index contributed by atoms with van der Waals surface area (Å²) in [4.78, 5) is 18.4. The maximum Gasteiger partial charge on any atom is 0.255 e. The van der Waals surface area contributed by atoms with Crippen LogP contribution in [0.3, 0.4) is 0 Å². The first-order chi connectivity index (χ1) is 9.12. The van der Waals surface area contributed by atoms with Gasteiger partial charge >= 0.3 is 0 Å². The Morgan fingerprint density at radius 2 is 2.11 bits per heavy atom. The fourth-order valence-corrected chi connectivity index (χ4v) is 1.82. The molecule has 6 heteroatoms. The lowest BCUT2D eigenvalue weighted by molar-refractivity contribution is 0.0949. The molecule has 19 heavy (non-hydrogen) atoms. The van der Waals surface area contributed by atoms with Crippen molar-refractivity contribution in [1.29, 1.82) is 0 Å². The van der Waals surface area contributed by atoms with Crippen LogP contribution in [0.4, 0.5) is 5.69 Å². The lowest BCUT2D eigenvalue weighted by atomic mass is 10.2. The minimum Gasteiger partial charge on any atom is -0.351 e. The first kappa shape index (κ1) is 15.4. The Bertz CT molecular complexity index is 417. The van der Waals surface area contributed by atoms with Gasteiger partial charge in [0.2, 0.25) is 0 Å². The van der Waals surface area contributed by atoms with Crippen LogP contribution < -0.4 is 16.6 Å². The molecule has 0 radical (unpaired) electrons. The standard InChI is InChI=1S/C13H23N5O/c1-4-18(5-2)7-6-15-13(19)11-9-16-10(3)8-12(11)17-14/h8-9H,4-7,14H2,1-3H3,(H,15,19)(H,16,17). The molecule has 6 nitrogen and oxygen atoms in total. The van der Waals surface area contributed by atoms with Gasteiger partial charge in [-0.1, -0.05) is 13.8 Å². The first-order valence-corrected chi connectivity index (χ1v) is 6.56. The van der Waals surface area contributed by atoms with Crippen molar-refractivity contribution in [2.24, 2.45) is 5.84 Å². The summed E-state index contributed by atoms with van der Waals surface area (Å²) in [6.45, 7) is 9.46. The van der Waals surface area contributed by atoms with Crippen LogP contribution in [-0.4, -0.2) is 42.0 Å². The Labute approximate surface area is 114 Å². The molecular formula is C13H23N5O. The predicted molar refractivity (Wildman–Crippen MR) is 76.9 cm³/mol. The predicted octanol–water partition coefficient (Wildman–Crippen LogP) is 0.747. The second-order valence-electron chi connectivity index (χ2n) is 4.30. The van der Waals surface area contributed by atoms with Crippen LogP contribution in [0.25, 0.3) is 0 Å². The number of hydrogen-bond acceptors (Lipinski definition) is 5. The highest BCUT2D eigenvalue weighted by atomic mass is 16.1. The minimum absolute atomic E-state index is 0.160. The smallest absolute Gasteiger partial charge is 0.255 e. The van der Waals surface area contributed by atoms with Gasteiger partial charge in [0.1, 0.15) is 0 Å². The highest BCUT2D eigenvalue weighted by molar-refractivity contribution is 5.99. The average molecular weight is 265 g/mol. The molecule has 0 saturated heterocycles. The molecular weight excluding hydrogens is 242 g/mol. The van der Waals surface area contributed by atoms with Crippen LogP contribution in [0.5, 0.6) is 0 Å². The van der Waals surface area contributed by atoms with Crippen molar-refractivity contribution in [3.63, 3.8) is 0 Å². The summed E-state index contributed by atoms with van der Waals surface area (Å²) < 4.78 is 0. The summed E-state index contributed by atoms with van der Waals surface area (Å²) in [6.07, 6.45) is 1.54. The molecule has 0 aliphatic heterocycles. The van der Waals surface area contributed by atoms with Gasteiger partial charge in [-0.2, -0.15) is 0 Å². The molecule has 4 N–H and O–H groups in total. The van der Waals surface area contributed by atoms with Gasteiger partial charge in [0.05, 0.1) is 11.3 Å². The van der Waals surface area contributed by atoms with E-state index in [1.54, 1.807) is 6.07 Å². The minimum atomic E-state index is -0.160. The van der Waals surface area contributed by atoms with Crippen LogP contribution in [0.2, 0.25) is 0 Å². The number of nitrogen functional groups attached to an aromatic ring is 1. The Balaban J connectivity index is 2.58. The lowest BCUT2D eigenvalue weighted by Gasteiger charge is -2.18. The Morgan fingerprint density at radius 1 is 1.42 bits per heavy atom. The number of carbonyl (C=O) groups excluding carboxylic acids is 1. The number of nitrogens with two attached hydrogens (primary N) is 1. The SMILES string of the molecule is CCN(CC)CCNC(=O)c1cnc(C)cc1NN. The fourth-order valence-electron chi connectivity index (χ4n) is 1.82. The third-order valence-electron chi connectivity index (χ3n) is 3.05. The van der Waals surface area contributed by atoms with Crippen molar-refractivity contribution in [2.75, 3.05) is 31.6 Å². The van der Waals surface area contributed by atoms with E-state index in [0.29, 0.717) is 17.8 Å². The number of aromatic nitrogens is 1. The topological polar surface area (TPSA) is 83.3 Å². The molecule has 1 rings (SSSR count). The Hall–Kier alpha value is -1.66. The summed E-state index contributed by atoms with van der Waals surface area (Å²) in [5, 5.41) is 2.88. The summed E-state index contributed by atoms with van der Waals surface area (Å²) in [5.74, 6) is 5.25. The normalized spacial score (nSPS) is 10.6. The molecule has 1 aromatic heterocycles. The number of rotatable bonds is 7. The Morgan fingerprint density at radius 3 is 2.68 bits per heavy atom. The number of pyridine rings is 1. The highest BCUT2D eigenvalue weighted by Gasteiger charge is 2.11. The second-order valence-corrected chi connectivity index (χ2v) is 4.30. The molecule has 0 fully saturated rings. The fraction of sp³-hybridized carbons (Fsp3) is 0.538. The molecule has 106 valence electrons. The third-order valence-corrected chi connectivity index (χ3v) is 3.05. The van der Waals surface area contributed by atoms with Crippen molar-refractivity contribution in [3.05, 3.63) is 23.5 Å². The lowest BCUT2D eigenvalue weighted by Crippen LogP contribution is -2.35. The number of nitrogens with zero attached hydrogens (tertiary/aromatic N) is 2. The van der Waals surface area contributed by atoms with Gasteiger partial charge in [0.15, 0.2) is 0 Å². The van der Waals surface area contributed by atoms with Gasteiger partial charge in [0, 0.05) is 25.0 Å². The molecule has 0 bridgehead atoms. The van der Waals surface area contributed by atoms with Crippen molar-refractivity contribution in [2.45, 2.75) is 20.8 Å². The van der Waals surface area contributed by atoms with Crippen LogP contribution in [0.15, 0.2) is 12.3 Å². The summed E-state index contributed by atoms with van der Waals surface area (Å²) in [6, 6.07) is 1.75. The van der Waals surface area contributed by atoms with E-state index in [-0.39, 0.29) is 5.91 Å². The Kier molecular flexibility index (Phi) is 6.24. The van der Waals surface area contributed by atoms with Crippen molar-refractivity contribution in [3.8, 4) is 0 Å². The van der Waals surface area contributed by atoms with E-state index >= 15 is 0 Å². The van der Waals surface area contributed by atoms with E-state index < -0.39 is 0 Å². The quantitative estimate of drug-likeness (QED) is 0.500. The number of amides is 1. The maximum atomic E-state index is 12.0. The molecule has 0 spiro atoms. The number of carbonyl (C=O) groups is 1. The van der Waals surface area contributed by atoms with Gasteiger partial charge in [-0.05, 0) is 26.1 Å². The first-order valence-electron chi connectivity index (χ1n) is 6.56. The molecule has 0 atom stereocenters. The number of likely N-dealkylation sites (N-methyl/N-ethyl adjacent to an activating group) is 1. The van der Waals surface area contributed by atoms with E-state index in [9.17, 15) is 4.79 Å². The molecule has 0 aliphatic rings. The van der Waals surface area contributed by atoms with Gasteiger partial charge in [0.25, 0.3) is 5.91 Å². The molecule has 1 heterocycles. The van der Waals surface area contributed by atoms with E-state index in [0.717, 1.165) is 25.3 Å². The molecule has 0 aromatic carbocycles. The molecule has 0 saturated carbocycles. The molecule has 1 aromatic rings. The van der Waals surface area contributed by atoms with Gasteiger partial charge in [-0.25, -0.2) is 0 Å². The van der Waals surface area contributed by atoms with E-state index in [2.05, 4.69) is 34.5 Å². The number of nitrogens with one attached hydrogen (secondary N) is 2. The highest BCUT2D eigenvalue weighted by Crippen LogP contribution is 2.13. The van der Waals surface area contributed by atoms with E-state index in [1.807, 2.05) is 6.92 Å². The van der Waals surface area contributed by atoms with E-state index in [4.69, 9.17) is 5.84 Å². The number of hydrogen-bond donors (Lipinski definition) is 3. The van der Waals surface area contributed by atoms with Crippen LogP contribution >= 0.6 is 0 Å². The summed E-state index contributed by atoms with van der Waals surface area (Å²) in [7, 11) is 0. The third kappa shape index (κ3) is 4.50. The largest absolute Gasteiger partial charge is 0.351 e. The number of anilines is 1. The van der Waals surface area contributed by atoms with Crippen LogP contribution in [0, 0.1) is 6.92 Å². The van der Waals surface area contributed by atoms with Crippen molar-refractivity contribution >= 4 is 11.6 Å². The van der Waals surface area contributed by atoms with Gasteiger partial charge < -0.3 is 15.6 Å². The summed E-state index contributed by atoms with van der Waals surface area (Å²) >= 11 is 0. The van der Waals surface area contributed by atoms with Crippen molar-refractivity contribution < 1.29 is 4.79 Å². The van der Waals surface area contributed by atoms with Crippen LogP contribution in [0.1, 0.15) is 29.9 Å². The number of hydrazine groups is 1. The monoisotopic (exact) mass is 265 g/mol. The summed E-state index contributed by atoms with van der Waals surface area (Å²) in [5.41, 5.74) is 4.40. The second kappa shape index (κ2) is 7.70. The maximum absolute atomic E-state index is 12.0. The molecule has 1 amide bonds. The molecule has 0 unspecified atom stereocenters. The zero-order chi connectivity index (χ0) is 14.3. The van der Waals surface area contributed by atoms with Crippen LogP contribution in [-0.2, 0) is 0 Å². The number of aryl methyl sites for hydroxylation is 1. The van der Waals surface area contributed by atoms with Gasteiger partial charge in [-0.3, -0.25) is 15.6 Å². The average Bonchev–Trinajstić information content (AvgIpc) is 2.43. The zero-order valence-corrected chi connectivity index (χ0v) is 11.9. The van der Waals surface area contributed by atoms with Crippen molar-refractivity contribution in [1.82, 2.24) is 15.2 Å².